The second-order valence-electron chi connectivity index (χ2n) is 5.37. The van der Waals surface area contributed by atoms with Crippen molar-refractivity contribution in [1.29, 1.82) is 0 Å². The van der Waals surface area contributed by atoms with Crippen molar-refractivity contribution in [3.05, 3.63) is 29.0 Å². The Bertz CT molecular complexity index is 509. The maximum absolute atomic E-state index is 12.5. The van der Waals surface area contributed by atoms with Gasteiger partial charge in [0.05, 0.1) is 5.69 Å². The number of aromatic nitrogens is 2. The Labute approximate surface area is 108 Å². The van der Waals surface area contributed by atoms with E-state index in [1.165, 1.54) is 0 Å². The third-order valence-corrected chi connectivity index (χ3v) is 3.23. The van der Waals surface area contributed by atoms with Crippen LogP contribution in [0.4, 0.5) is 0 Å². The standard InChI is InChI=1S/C14H21N3O/c1-9(2)17-10(3)15-12-7-6-11(8-16(4)5)14(18)13(12)17/h8-9H,6-7H2,1-5H3/b11-8-. The van der Waals surface area contributed by atoms with Gasteiger partial charge >= 0.3 is 0 Å². The summed E-state index contributed by atoms with van der Waals surface area (Å²) in [6.07, 6.45) is 3.58. The third kappa shape index (κ3) is 2.07. The topological polar surface area (TPSA) is 38.1 Å². The number of carbonyl (C=O) groups is 1. The molecule has 0 saturated carbocycles. The van der Waals surface area contributed by atoms with Crippen molar-refractivity contribution in [3.8, 4) is 0 Å². The van der Waals surface area contributed by atoms with E-state index >= 15 is 0 Å². The molecule has 1 aliphatic carbocycles. The van der Waals surface area contributed by atoms with Crippen LogP contribution < -0.4 is 0 Å². The lowest BCUT2D eigenvalue weighted by atomic mass is 9.94. The summed E-state index contributed by atoms with van der Waals surface area (Å²) in [6, 6.07) is 0.268. The van der Waals surface area contributed by atoms with Crippen molar-refractivity contribution >= 4 is 5.78 Å². The summed E-state index contributed by atoms with van der Waals surface area (Å²) in [5.41, 5.74) is 2.64. The number of carbonyl (C=O) groups excluding carboxylic acids is 1. The SMILES string of the molecule is Cc1nc2c(n1C(C)C)C(=O)/C(=C\N(C)C)CC2. The normalized spacial score (nSPS) is 17.4. The lowest BCUT2D eigenvalue weighted by molar-refractivity contribution is 0.101. The first-order chi connectivity index (χ1) is 8.41. The number of fused-ring (bicyclic) bond motifs is 1. The highest BCUT2D eigenvalue weighted by molar-refractivity contribution is 6.09. The Morgan fingerprint density at radius 3 is 2.56 bits per heavy atom. The lowest BCUT2D eigenvalue weighted by Gasteiger charge is -2.19. The number of ketones is 1. The van der Waals surface area contributed by atoms with Crippen molar-refractivity contribution in [2.24, 2.45) is 0 Å². The molecule has 18 heavy (non-hydrogen) atoms. The van der Waals surface area contributed by atoms with E-state index in [0.717, 1.165) is 35.6 Å². The molecule has 0 N–H and O–H groups in total. The fraction of sp³-hybridized carbons (Fsp3) is 0.571. The van der Waals surface area contributed by atoms with Crippen LogP contribution in [0.2, 0.25) is 0 Å². The second-order valence-corrected chi connectivity index (χ2v) is 5.37. The number of hydrogen-bond acceptors (Lipinski definition) is 3. The molecular formula is C14H21N3O. The summed E-state index contributed by atoms with van der Waals surface area (Å²) in [4.78, 5) is 19.0. The van der Waals surface area contributed by atoms with Crippen LogP contribution in [0.1, 0.15) is 48.3 Å². The van der Waals surface area contributed by atoms with E-state index in [0.29, 0.717) is 0 Å². The van der Waals surface area contributed by atoms with Gasteiger partial charge in [-0.1, -0.05) is 0 Å². The van der Waals surface area contributed by atoms with Crippen molar-refractivity contribution in [3.63, 3.8) is 0 Å². The Hall–Kier alpha value is -1.58. The van der Waals surface area contributed by atoms with Gasteiger partial charge in [-0.3, -0.25) is 4.79 Å². The van der Waals surface area contributed by atoms with Crippen molar-refractivity contribution in [2.75, 3.05) is 14.1 Å². The molecule has 0 fully saturated rings. The molecule has 0 radical (unpaired) electrons. The zero-order valence-electron chi connectivity index (χ0n) is 11.8. The van der Waals surface area contributed by atoms with Gasteiger partial charge in [0.1, 0.15) is 11.5 Å². The smallest absolute Gasteiger partial charge is 0.208 e. The summed E-state index contributed by atoms with van der Waals surface area (Å²) >= 11 is 0. The molecule has 1 heterocycles. The van der Waals surface area contributed by atoms with E-state index in [4.69, 9.17) is 0 Å². The minimum atomic E-state index is 0.138. The van der Waals surface area contributed by atoms with E-state index in [-0.39, 0.29) is 11.8 Å². The van der Waals surface area contributed by atoms with E-state index in [2.05, 4.69) is 23.4 Å². The van der Waals surface area contributed by atoms with E-state index in [1.807, 2.05) is 32.1 Å². The molecule has 0 atom stereocenters. The molecule has 0 saturated heterocycles. The highest BCUT2D eigenvalue weighted by Crippen LogP contribution is 2.28. The molecule has 98 valence electrons. The Morgan fingerprint density at radius 2 is 2.00 bits per heavy atom. The van der Waals surface area contributed by atoms with Gasteiger partial charge in [0.2, 0.25) is 5.78 Å². The predicted molar refractivity (Wildman–Crippen MR) is 71.8 cm³/mol. The van der Waals surface area contributed by atoms with Gasteiger partial charge in [0.15, 0.2) is 0 Å². The fourth-order valence-corrected chi connectivity index (χ4v) is 2.60. The van der Waals surface area contributed by atoms with Crippen molar-refractivity contribution in [1.82, 2.24) is 14.5 Å². The predicted octanol–water partition coefficient (Wildman–Crippen LogP) is 2.35. The van der Waals surface area contributed by atoms with Gasteiger partial charge < -0.3 is 9.47 Å². The zero-order valence-corrected chi connectivity index (χ0v) is 11.8. The number of imidazole rings is 1. The molecule has 0 bridgehead atoms. The first kappa shape index (κ1) is 12.9. The third-order valence-electron chi connectivity index (χ3n) is 3.23. The summed E-state index contributed by atoms with van der Waals surface area (Å²) in [6.45, 7) is 6.15. The van der Waals surface area contributed by atoms with Crippen molar-refractivity contribution < 1.29 is 4.79 Å². The average molecular weight is 247 g/mol. The minimum absolute atomic E-state index is 0.138. The van der Waals surface area contributed by atoms with E-state index < -0.39 is 0 Å². The number of hydrogen-bond donors (Lipinski definition) is 0. The van der Waals surface area contributed by atoms with E-state index in [1.54, 1.807) is 0 Å². The molecular weight excluding hydrogens is 226 g/mol. The van der Waals surface area contributed by atoms with Gasteiger partial charge in [0.25, 0.3) is 0 Å². The van der Waals surface area contributed by atoms with Gasteiger partial charge in [0, 0.05) is 31.9 Å². The number of rotatable bonds is 2. The molecule has 0 aromatic carbocycles. The maximum atomic E-state index is 12.5. The fourth-order valence-electron chi connectivity index (χ4n) is 2.60. The van der Waals surface area contributed by atoms with Gasteiger partial charge in [-0.15, -0.1) is 0 Å². The van der Waals surface area contributed by atoms with Crippen LogP contribution in [-0.2, 0) is 6.42 Å². The molecule has 1 aromatic rings. The molecule has 0 amide bonds. The summed E-state index contributed by atoms with van der Waals surface area (Å²) in [5, 5.41) is 0. The largest absolute Gasteiger partial charge is 0.383 e. The molecule has 2 rings (SSSR count). The second kappa shape index (κ2) is 4.59. The van der Waals surface area contributed by atoms with Crippen LogP contribution in [0.3, 0.4) is 0 Å². The van der Waals surface area contributed by atoms with Crippen LogP contribution in [0.5, 0.6) is 0 Å². The van der Waals surface area contributed by atoms with Crippen molar-refractivity contribution in [2.45, 2.75) is 39.7 Å². The average Bonchev–Trinajstić information content (AvgIpc) is 2.59. The van der Waals surface area contributed by atoms with Gasteiger partial charge in [-0.05, 0) is 33.6 Å². The van der Waals surface area contributed by atoms with Crippen LogP contribution in [0.15, 0.2) is 11.8 Å². The van der Waals surface area contributed by atoms with Gasteiger partial charge in [-0.25, -0.2) is 4.98 Å². The van der Waals surface area contributed by atoms with Crippen LogP contribution in [-0.4, -0.2) is 34.3 Å². The molecule has 4 nitrogen and oxygen atoms in total. The zero-order chi connectivity index (χ0) is 13.4. The molecule has 1 aliphatic rings. The molecule has 0 aliphatic heterocycles. The minimum Gasteiger partial charge on any atom is -0.383 e. The highest BCUT2D eigenvalue weighted by Gasteiger charge is 2.29. The molecule has 4 heteroatoms. The number of Topliss-reactive ketones (excluding diaryl/α,β-unsaturated/α-hetero) is 1. The van der Waals surface area contributed by atoms with Crippen LogP contribution in [0.25, 0.3) is 0 Å². The lowest BCUT2D eigenvalue weighted by Crippen LogP contribution is -2.21. The summed E-state index contributed by atoms with van der Waals surface area (Å²) in [5.74, 6) is 1.08. The Balaban J connectivity index is 2.51. The monoisotopic (exact) mass is 247 g/mol. The molecule has 1 aromatic heterocycles. The van der Waals surface area contributed by atoms with Crippen LogP contribution >= 0.6 is 0 Å². The number of allylic oxidation sites excluding steroid dienone is 1. The Morgan fingerprint density at radius 1 is 1.33 bits per heavy atom. The maximum Gasteiger partial charge on any atom is 0.208 e. The van der Waals surface area contributed by atoms with Crippen LogP contribution in [0, 0.1) is 6.92 Å². The highest BCUT2D eigenvalue weighted by atomic mass is 16.1. The first-order valence-corrected chi connectivity index (χ1v) is 6.41. The molecule has 0 unspecified atom stereocenters. The number of nitrogens with zero attached hydrogens (tertiary/aromatic N) is 3. The quantitative estimate of drug-likeness (QED) is 0.753. The Kier molecular flexibility index (Phi) is 3.28. The first-order valence-electron chi connectivity index (χ1n) is 6.41. The molecule has 0 spiro atoms. The number of aryl methyl sites for hydroxylation is 2. The van der Waals surface area contributed by atoms with Gasteiger partial charge in [-0.2, -0.15) is 0 Å². The summed E-state index contributed by atoms with van der Waals surface area (Å²) in [7, 11) is 3.89. The summed E-state index contributed by atoms with van der Waals surface area (Å²) < 4.78 is 2.06. The van der Waals surface area contributed by atoms with E-state index in [9.17, 15) is 4.79 Å².